The molecular formula is C9H18O. The molecular weight excluding hydrogens is 124 g/mol. The molecule has 0 aliphatic rings. The highest BCUT2D eigenvalue weighted by Crippen LogP contribution is 2.10. The van der Waals surface area contributed by atoms with Crippen LogP contribution in [-0.4, -0.2) is 5.78 Å². The van der Waals surface area contributed by atoms with Crippen LogP contribution >= 0.6 is 0 Å². The number of carbonyl (C=O) groups excluding carboxylic acids is 1. The minimum absolute atomic E-state index is 0.323. The van der Waals surface area contributed by atoms with E-state index in [2.05, 4.69) is 13.8 Å². The van der Waals surface area contributed by atoms with Crippen LogP contribution < -0.4 is 0 Å². The number of hydrogen-bond acceptors (Lipinski definition) is 1. The van der Waals surface area contributed by atoms with E-state index in [9.17, 15) is 4.79 Å². The van der Waals surface area contributed by atoms with Gasteiger partial charge in [-0.1, -0.05) is 26.7 Å². The second-order valence-electron chi connectivity index (χ2n) is 3.11. The molecule has 0 N–H and O–H groups in total. The van der Waals surface area contributed by atoms with Gasteiger partial charge < -0.3 is 4.79 Å². The van der Waals surface area contributed by atoms with Crippen LogP contribution in [-0.2, 0) is 4.79 Å². The lowest BCUT2D eigenvalue weighted by Crippen LogP contribution is -1.95. The monoisotopic (exact) mass is 142 g/mol. The number of ketones is 1. The van der Waals surface area contributed by atoms with Crippen molar-refractivity contribution in [3.05, 3.63) is 0 Å². The summed E-state index contributed by atoms with van der Waals surface area (Å²) in [7, 11) is 0. The van der Waals surface area contributed by atoms with Gasteiger partial charge in [0.05, 0.1) is 0 Å². The zero-order valence-electron chi connectivity index (χ0n) is 7.31. The number of carbonyl (C=O) groups is 1. The molecule has 1 nitrogen and oxygen atoms in total. The van der Waals surface area contributed by atoms with Gasteiger partial charge in [-0.25, -0.2) is 0 Å². The van der Waals surface area contributed by atoms with Crippen molar-refractivity contribution in [1.82, 2.24) is 0 Å². The average Bonchev–Trinajstić information content (AvgIpc) is 1.87. The van der Waals surface area contributed by atoms with Gasteiger partial charge in [-0.3, -0.25) is 0 Å². The van der Waals surface area contributed by atoms with Gasteiger partial charge in [0.25, 0.3) is 0 Å². The lowest BCUT2D eigenvalue weighted by molar-refractivity contribution is -0.117. The Bertz CT molecular complexity index is 96.9. The van der Waals surface area contributed by atoms with Crippen LogP contribution in [0.4, 0.5) is 0 Å². The lowest BCUT2D eigenvalue weighted by Gasteiger charge is -2.05. The van der Waals surface area contributed by atoms with E-state index in [1.54, 1.807) is 6.92 Å². The number of hydrogen-bond donors (Lipinski definition) is 0. The third-order valence-electron chi connectivity index (χ3n) is 1.92. The van der Waals surface area contributed by atoms with E-state index < -0.39 is 0 Å². The highest BCUT2D eigenvalue weighted by atomic mass is 16.1. The first-order valence-electron chi connectivity index (χ1n) is 4.16. The predicted octanol–water partition coefficient (Wildman–Crippen LogP) is 2.79. The van der Waals surface area contributed by atoms with Crippen molar-refractivity contribution < 1.29 is 4.79 Å². The molecule has 0 unspecified atom stereocenters. The largest absolute Gasteiger partial charge is 0.300 e. The van der Waals surface area contributed by atoms with Crippen molar-refractivity contribution in [1.29, 1.82) is 0 Å². The summed E-state index contributed by atoms with van der Waals surface area (Å²) in [5.41, 5.74) is 0. The smallest absolute Gasteiger partial charge is 0.129 e. The van der Waals surface area contributed by atoms with E-state index in [4.69, 9.17) is 0 Å². The summed E-state index contributed by atoms with van der Waals surface area (Å²) >= 11 is 0. The fourth-order valence-corrected chi connectivity index (χ4v) is 0.904. The molecule has 0 aliphatic heterocycles. The summed E-state index contributed by atoms with van der Waals surface area (Å²) in [4.78, 5) is 10.5. The Morgan fingerprint density at radius 2 is 2.10 bits per heavy atom. The molecule has 0 saturated carbocycles. The highest BCUT2D eigenvalue weighted by molar-refractivity contribution is 5.75. The summed E-state index contributed by atoms with van der Waals surface area (Å²) in [6.07, 6.45) is 4.28. The Morgan fingerprint density at radius 1 is 1.50 bits per heavy atom. The fraction of sp³-hybridized carbons (Fsp3) is 0.889. The molecule has 0 heterocycles. The van der Waals surface area contributed by atoms with Crippen molar-refractivity contribution in [2.45, 2.75) is 46.5 Å². The molecule has 0 radical (unpaired) electrons. The van der Waals surface area contributed by atoms with E-state index in [0.717, 1.165) is 18.8 Å². The molecule has 0 bridgehead atoms. The summed E-state index contributed by atoms with van der Waals surface area (Å²) < 4.78 is 0. The van der Waals surface area contributed by atoms with Gasteiger partial charge in [-0.2, -0.15) is 0 Å². The molecule has 0 aromatic heterocycles. The normalized spacial score (nSPS) is 13.1. The Labute approximate surface area is 63.8 Å². The molecule has 0 fully saturated rings. The highest BCUT2D eigenvalue weighted by Gasteiger charge is 1.99. The van der Waals surface area contributed by atoms with E-state index in [-0.39, 0.29) is 0 Å². The third-order valence-corrected chi connectivity index (χ3v) is 1.92. The van der Waals surface area contributed by atoms with Crippen LogP contribution in [0.2, 0.25) is 0 Å². The first-order valence-corrected chi connectivity index (χ1v) is 4.16. The van der Waals surface area contributed by atoms with Gasteiger partial charge in [0.15, 0.2) is 0 Å². The van der Waals surface area contributed by atoms with Crippen LogP contribution in [0.3, 0.4) is 0 Å². The Morgan fingerprint density at radius 3 is 2.50 bits per heavy atom. The minimum atomic E-state index is 0.323. The van der Waals surface area contributed by atoms with Crippen molar-refractivity contribution in [3.63, 3.8) is 0 Å². The van der Waals surface area contributed by atoms with Gasteiger partial charge in [0.2, 0.25) is 0 Å². The van der Waals surface area contributed by atoms with Crippen molar-refractivity contribution in [2.24, 2.45) is 5.92 Å². The molecule has 0 rings (SSSR count). The number of Topliss-reactive ketones (excluding diaryl/α,β-unsaturated/α-hetero) is 1. The minimum Gasteiger partial charge on any atom is -0.300 e. The van der Waals surface area contributed by atoms with Crippen LogP contribution in [0.1, 0.15) is 46.5 Å². The SMILES string of the molecule is CC[C@H](C)CCCC(C)=O. The lowest BCUT2D eigenvalue weighted by atomic mass is 10.0. The van der Waals surface area contributed by atoms with Crippen LogP contribution in [0.25, 0.3) is 0 Å². The summed E-state index contributed by atoms with van der Waals surface area (Å²) in [5, 5.41) is 0. The van der Waals surface area contributed by atoms with E-state index in [1.807, 2.05) is 0 Å². The molecule has 0 amide bonds. The maximum atomic E-state index is 10.5. The van der Waals surface area contributed by atoms with Crippen molar-refractivity contribution in [2.75, 3.05) is 0 Å². The van der Waals surface area contributed by atoms with E-state index >= 15 is 0 Å². The first-order chi connectivity index (χ1) is 4.66. The predicted molar refractivity (Wildman–Crippen MR) is 44.0 cm³/mol. The third kappa shape index (κ3) is 5.80. The standard InChI is InChI=1S/C9H18O/c1-4-8(2)6-5-7-9(3)10/h8H,4-7H2,1-3H3/t8-/m0/s1. The van der Waals surface area contributed by atoms with E-state index in [0.29, 0.717) is 5.78 Å². The maximum Gasteiger partial charge on any atom is 0.129 e. The molecule has 0 spiro atoms. The molecule has 0 aromatic rings. The Kier molecular flexibility index (Phi) is 5.27. The average molecular weight is 142 g/mol. The van der Waals surface area contributed by atoms with Crippen LogP contribution in [0.15, 0.2) is 0 Å². The quantitative estimate of drug-likeness (QED) is 0.577. The topological polar surface area (TPSA) is 17.1 Å². The zero-order valence-corrected chi connectivity index (χ0v) is 7.31. The molecule has 1 heteroatoms. The molecule has 1 atom stereocenters. The van der Waals surface area contributed by atoms with Gasteiger partial charge in [-0.05, 0) is 19.3 Å². The van der Waals surface area contributed by atoms with Crippen LogP contribution in [0, 0.1) is 5.92 Å². The van der Waals surface area contributed by atoms with E-state index in [1.165, 1.54) is 12.8 Å². The second-order valence-corrected chi connectivity index (χ2v) is 3.11. The van der Waals surface area contributed by atoms with Crippen LogP contribution in [0.5, 0.6) is 0 Å². The Balaban J connectivity index is 3.11. The van der Waals surface area contributed by atoms with Gasteiger partial charge in [0, 0.05) is 6.42 Å². The fourth-order valence-electron chi connectivity index (χ4n) is 0.904. The molecule has 0 saturated heterocycles. The summed E-state index contributed by atoms with van der Waals surface area (Å²) in [6.45, 7) is 6.09. The second kappa shape index (κ2) is 5.45. The molecule has 0 aliphatic carbocycles. The van der Waals surface area contributed by atoms with Crippen molar-refractivity contribution in [3.8, 4) is 0 Å². The number of rotatable bonds is 5. The molecule has 60 valence electrons. The zero-order chi connectivity index (χ0) is 7.98. The van der Waals surface area contributed by atoms with Gasteiger partial charge >= 0.3 is 0 Å². The summed E-state index contributed by atoms with van der Waals surface area (Å²) in [5.74, 6) is 1.11. The van der Waals surface area contributed by atoms with Gasteiger partial charge in [0.1, 0.15) is 5.78 Å². The molecule has 10 heavy (non-hydrogen) atoms. The molecule has 0 aromatic carbocycles. The van der Waals surface area contributed by atoms with Crippen molar-refractivity contribution >= 4 is 5.78 Å². The summed E-state index contributed by atoms with van der Waals surface area (Å²) in [6, 6.07) is 0. The first kappa shape index (κ1) is 9.67. The maximum absolute atomic E-state index is 10.5. The van der Waals surface area contributed by atoms with Gasteiger partial charge in [-0.15, -0.1) is 0 Å². The Hall–Kier alpha value is -0.330.